The van der Waals surface area contributed by atoms with Crippen molar-refractivity contribution in [2.45, 2.75) is 26.2 Å². The average molecular weight is 223 g/mol. The molecule has 1 amide bonds. The molecular formula is C11H17N3O2. The molecule has 0 aliphatic heterocycles. The maximum absolute atomic E-state index is 11.4. The van der Waals surface area contributed by atoms with Gasteiger partial charge in [0.1, 0.15) is 0 Å². The van der Waals surface area contributed by atoms with Crippen LogP contribution in [0.4, 0.5) is 5.82 Å². The van der Waals surface area contributed by atoms with Gasteiger partial charge < -0.3 is 16.2 Å². The molecule has 1 heterocycles. The molecule has 1 aromatic rings. The second kappa shape index (κ2) is 6.07. The minimum Gasteiger partial charge on any atom is -0.504 e. The van der Waals surface area contributed by atoms with Crippen LogP contribution in [0.25, 0.3) is 0 Å². The highest BCUT2D eigenvalue weighted by atomic mass is 16.3. The molecule has 1 rings (SSSR count). The summed E-state index contributed by atoms with van der Waals surface area (Å²) in [5.74, 6) is 0.0531. The Hall–Kier alpha value is -1.62. The van der Waals surface area contributed by atoms with Crippen LogP contribution in [0.15, 0.2) is 12.1 Å². The molecule has 4 N–H and O–H groups in total. The van der Waals surface area contributed by atoms with Crippen molar-refractivity contribution in [1.29, 1.82) is 0 Å². The molecule has 16 heavy (non-hydrogen) atoms. The number of carbonyl (C=O) groups is 1. The zero-order valence-corrected chi connectivity index (χ0v) is 9.36. The number of aryl methyl sites for hydroxylation is 1. The van der Waals surface area contributed by atoms with E-state index >= 15 is 0 Å². The number of nitrogens with zero attached hydrogens (tertiary/aromatic N) is 1. The zero-order valence-electron chi connectivity index (χ0n) is 9.36. The molecular weight excluding hydrogens is 206 g/mol. The summed E-state index contributed by atoms with van der Waals surface area (Å²) in [6.45, 7) is 2.38. The monoisotopic (exact) mass is 223 g/mol. The molecule has 0 aliphatic carbocycles. The van der Waals surface area contributed by atoms with Crippen LogP contribution in [0.2, 0.25) is 0 Å². The lowest BCUT2D eigenvalue weighted by Gasteiger charge is -2.06. The molecule has 0 spiro atoms. The zero-order chi connectivity index (χ0) is 12.0. The second-order valence-corrected chi connectivity index (χ2v) is 3.61. The number of amides is 1. The molecule has 0 aliphatic rings. The van der Waals surface area contributed by atoms with Crippen LogP contribution in [-0.2, 0) is 4.79 Å². The first-order chi connectivity index (χ1) is 7.63. The SMILES string of the molecule is Cc1ccc(O)c(NC(=O)CCCCN)n1. The van der Waals surface area contributed by atoms with Gasteiger partial charge in [0.25, 0.3) is 0 Å². The number of nitrogens with two attached hydrogens (primary N) is 1. The van der Waals surface area contributed by atoms with Gasteiger partial charge in [-0.25, -0.2) is 4.98 Å². The fraction of sp³-hybridized carbons (Fsp3) is 0.455. The van der Waals surface area contributed by atoms with E-state index in [1.165, 1.54) is 6.07 Å². The van der Waals surface area contributed by atoms with E-state index in [1.54, 1.807) is 13.0 Å². The van der Waals surface area contributed by atoms with Gasteiger partial charge in [-0.3, -0.25) is 4.79 Å². The Kier molecular flexibility index (Phi) is 4.72. The molecule has 0 aromatic carbocycles. The molecule has 0 saturated heterocycles. The van der Waals surface area contributed by atoms with Crippen LogP contribution >= 0.6 is 0 Å². The summed E-state index contributed by atoms with van der Waals surface area (Å²) < 4.78 is 0. The summed E-state index contributed by atoms with van der Waals surface area (Å²) in [6.07, 6.45) is 1.96. The fourth-order valence-corrected chi connectivity index (χ4v) is 1.27. The van der Waals surface area contributed by atoms with E-state index in [4.69, 9.17) is 5.73 Å². The smallest absolute Gasteiger partial charge is 0.225 e. The number of aromatic nitrogens is 1. The minimum atomic E-state index is -0.151. The lowest BCUT2D eigenvalue weighted by atomic mass is 10.2. The Bertz CT molecular complexity index is 366. The largest absolute Gasteiger partial charge is 0.504 e. The molecule has 0 bridgehead atoms. The quantitative estimate of drug-likeness (QED) is 0.654. The summed E-state index contributed by atoms with van der Waals surface area (Å²) in [4.78, 5) is 15.5. The van der Waals surface area contributed by atoms with Crippen LogP contribution < -0.4 is 11.1 Å². The first kappa shape index (κ1) is 12.4. The number of anilines is 1. The van der Waals surface area contributed by atoms with Crippen molar-refractivity contribution in [2.24, 2.45) is 5.73 Å². The van der Waals surface area contributed by atoms with Crippen LogP contribution in [-0.4, -0.2) is 22.5 Å². The maximum atomic E-state index is 11.4. The van der Waals surface area contributed by atoms with Gasteiger partial charge in [0.05, 0.1) is 0 Å². The van der Waals surface area contributed by atoms with E-state index in [-0.39, 0.29) is 17.5 Å². The Labute approximate surface area is 94.7 Å². The van der Waals surface area contributed by atoms with E-state index in [9.17, 15) is 9.90 Å². The Balaban J connectivity index is 2.52. The molecule has 5 heteroatoms. The van der Waals surface area contributed by atoms with E-state index in [0.29, 0.717) is 13.0 Å². The van der Waals surface area contributed by atoms with Gasteiger partial charge in [-0.2, -0.15) is 0 Å². The van der Waals surface area contributed by atoms with Crippen LogP contribution in [0.5, 0.6) is 5.75 Å². The van der Waals surface area contributed by atoms with Gasteiger partial charge in [0.2, 0.25) is 5.91 Å². The molecule has 0 saturated carbocycles. The Morgan fingerprint density at radius 2 is 2.25 bits per heavy atom. The predicted molar refractivity (Wildman–Crippen MR) is 62.2 cm³/mol. The van der Waals surface area contributed by atoms with E-state index in [2.05, 4.69) is 10.3 Å². The third-order valence-electron chi connectivity index (χ3n) is 2.13. The highest BCUT2D eigenvalue weighted by Crippen LogP contribution is 2.20. The third-order valence-corrected chi connectivity index (χ3v) is 2.13. The van der Waals surface area contributed by atoms with Crippen molar-refractivity contribution in [2.75, 3.05) is 11.9 Å². The van der Waals surface area contributed by atoms with E-state index in [0.717, 1.165) is 18.5 Å². The number of unbranched alkanes of at least 4 members (excludes halogenated alkanes) is 1. The Morgan fingerprint density at radius 3 is 2.94 bits per heavy atom. The summed E-state index contributed by atoms with van der Waals surface area (Å²) in [5.41, 5.74) is 6.07. The van der Waals surface area contributed by atoms with Gasteiger partial charge >= 0.3 is 0 Å². The first-order valence-corrected chi connectivity index (χ1v) is 5.30. The third kappa shape index (κ3) is 3.86. The standard InChI is InChI=1S/C11H17N3O2/c1-8-5-6-9(15)11(13-8)14-10(16)4-2-3-7-12/h5-6,15H,2-4,7,12H2,1H3,(H,13,14,16). The molecule has 0 atom stereocenters. The van der Waals surface area contributed by atoms with Crippen LogP contribution in [0.3, 0.4) is 0 Å². The van der Waals surface area contributed by atoms with Crippen molar-refractivity contribution in [1.82, 2.24) is 4.98 Å². The number of hydrogen-bond acceptors (Lipinski definition) is 4. The van der Waals surface area contributed by atoms with Gasteiger partial charge in [-0.1, -0.05) is 0 Å². The van der Waals surface area contributed by atoms with Gasteiger partial charge in [0.15, 0.2) is 11.6 Å². The average Bonchev–Trinajstić information content (AvgIpc) is 2.24. The minimum absolute atomic E-state index is 0.0159. The number of pyridine rings is 1. The fourth-order valence-electron chi connectivity index (χ4n) is 1.27. The molecule has 0 radical (unpaired) electrons. The van der Waals surface area contributed by atoms with Crippen molar-refractivity contribution in [3.63, 3.8) is 0 Å². The summed E-state index contributed by atoms with van der Waals surface area (Å²) in [5, 5.41) is 12.0. The highest BCUT2D eigenvalue weighted by molar-refractivity contribution is 5.90. The lowest BCUT2D eigenvalue weighted by Crippen LogP contribution is -2.13. The van der Waals surface area contributed by atoms with Gasteiger partial charge in [-0.15, -0.1) is 0 Å². The number of carbonyl (C=O) groups excluding carboxylic acids is 1. The first-order valence-electron chi connectivity index (χ1n) is 5.30. The van der Waals surface area contributed by atoms with Crippen LogP contribution in [0, 0.1) is 6.92 Å². The molecule has 1 aromatic heterocycles. The number of rotatable bonds is 5. The molecule has 0 fully saturated rings. The normalized spacial score (nSPS) is 10.1. The summed E-state index contributed by atoms with van der Waals surface area (Å²) >= 11 is 0. The lowest BCUT2D eigenvalue weighted by molar-refractivity contribution is -0.116. The second-order valence-electron chi connectivity index (χ2n) is 3.61. The molecule has 5 nitrogen and oxygen atoms in total. The number of aromatic hydroxyl groups is 1. The van der Waals surface area contributed by atoms with Gasteiger partial charge in [-0.05, 0) is 38.4 Å². The van der Waals surface area contributed by atoms with Crippen molar-refractivity contribution < 1.29 is 9.90 Å². The van der Waals surface area contributed by atoms with E-state index < -0.39 is 0 Å². The topological polar surface area (TPSA) is 88.2 Å². The van der Waals surface area contributed by atoms with Gasteiger partial charge in [0, 0.05) is 12.1 Å². The van der Waals surface area contributed by atoms with Crippen molar-refractivity contribution >= 4 is 11.7 Å². The number of hydrogen-bond donors (Lipinski definition) is 3. The van der Waals surface area contributed by atoms with E-state index in [1.807, 2.05) is 0 Å². The summed E-state index contributed by atoms with van der Waals surface area (Å²) in [6, 6.07) is 3.19. The predicted octanol–water partition coefficient (Wildman–Crippen LogP) is 1.16. The Morgan fingerprint density at radius 1 is 1.50 bits per heavy atom. The number of nitrogens with one attached hydrogen (secondary N) is 1. The maximum Gasteiger partial charge on any atom is 0.225 e. The van der Waals surface area contributed by atoms with Crippen molar-refractivity contribution in [3.8, 4) is 5.75 Å². The van der Waals surface area contributed by atoms with Crippen LogP contribution in [0.1, 0.15) is 25.0 Å². The molecule has 88 valence electrons. The highest BCUT2D eigenvalue weighted by Gasteiger charge is 2.07. The van der Waals surface area contributed by atoms with Crippen molar-refractivity contribution in [3.05, 3.63) is 17.8 Å². The summed E-state index contributed by atoms with van der Waals surface area (Å²) in [7, 11) is 0. The molecule has 0 unspecified atom stereocenters.